The Bertz CT molecular complexity index is 982. The van der Waals surface area contributed by atoms with E-state index in [0.29, 0.717) is 17.2 Å². The normalized spacial score (nSPS) is 18.4. The summed E-state index contributed by atoms with van der Waals surface area (Å²) in [5.41, 5.74) is 1.02. The van der Waals surface area contributed by atoms with Crippen LogP contribution in [0.5, 0.6) is 0 Å². The van der Waals surface area contributed by atoms with Gasteiger partial charge < -0.3 is 9.64 Å². The van der Waals surface area contributed by atoms with Crippen molar-refractivity contribution in [3.63, 3.8) is 0 Å². The highest BCUT2D eigenvalue weighted by Gasteiger charge is 2.24. The van der Waals surface area contributed by atoms with Crippen LogP contribution in [-0.4, -0.2) is 70.1 Å². The zero-order valence-electron chi connectivity index (χ0n) is 18.3. The third-order valence-corrected chi connectivity index (χ3v) is 7.69. The molecule has 2 aliphatic rings. The molecule has 0 saturated carbocycles. The average molecular weight is 458 g/mol. The number of carbonyl (C=O) groups excluding carboxylic acids is 1. The molecule has 0 radical (unpaired) electrons. The summed E-state index contributed by atoms with van der Waals surface area (Å²) in [6.45, 7) is 6.37. The second kappa shape index (κ2) is 10.5. The molecule has 0 aromatic heterocycles. The number of benzene rings is 2. The van der Waals surface area contributed by atoms with Gasteiger partial charge in [0.1, 0.15) is 0 Å². The van der Waals surface area contributed by atoms with E-state index >= 15 is 0 Å². The van der Waals surface area contributed by atoms with Gasteiger partial charge >= 0.3 is 0 Å². The Morgan fingerprint density at radius 2 is 1.59 bits per heavy atom. The van der Waals surface area contributed by atoms with Gasteiger partial charge in [-0.3, -0.25) is 14.4 Å². The molecule has 8 heteroatoms. The van der Waals surface area contributed by atoms with Crippen molar-refractivity contribution in [2.75, 3.05) is 50.7 Å². The fourth-order valence-electron chi connectivity index (χ4n) is 4.29. The minimum Gasteiger partial charge on any atom is -0.379 e. The minimum atomic E-state index is -3.64. The summed E-state index contributed by atoms with van der Waals surface area (Å²) in [6.07, 6.45) is 3.24. The van der Waals surface area contributed by atoms with Crippen LogP contribution in [-0.2, 0) is 14.8 Å². The van der Waals surface area contributed by atoms with Gasteiger partial charge in [-0.25, -0.2) is 8.42 Å². The third kappa shape index (κ3) is 5.88. The van der Waals surface area contributed by atoms with Crippen LogP contribution in [0.1, 0.15) is 29.6 Å². The molecule has 7 nitrogen and oxygen atoms in total. The van der Waals surface area contributed by atoms with Crippen LogP contribution in [0.25, 0.3) is 0 Å². The van der Waals surface area contributed by atoms with Crippen molar-refractivity contribution in [3.8, 4) is 0 Å². The Hall–Kier alpha value is -2.42. The molecule has 32 heavy (non-hydrogen) atoms. The average Bonchev–Trinajstić information content (AvgIpc) is 2.84. The maximum Gasteiger partial charge on any atom is 0.261 e. The number of rotatable bonds is 7. The lowest BCUT2D eigenvalue weighted by molar-refractivity contribution is 0.0332. The van der Waals surface area contributed by atoms with Crippen molar-refractivity contribution in [2.45, 2.75) is 24.2 Å². The summed E-state index contributed by atoms with van der Waals surface area (Å²) in [5, 5.41) is 0. The van der Waals surface area contributed by atoms with Crippen LogP contribution in [0.15, 0.2) is 59.5 Å². The number of ether oxygens (including phenoxy) is 1. The number of hydrogen-bond donors (Lipinski definition) is 1. The van der Waals surface area contributed by atoms with Crippen LogP contribution in [0.2, 0.25) is 0 Å². The first-order chi connectivity index (χ1) is 15.5. The van der Waals surface area contributed by atoms with Crippen LogP contribution >= 0.6 is 0 Å². The van der Waals surface area contributed by atoms with Crippen molar-refractivity contribution < 1.29 is 17.9 Å². The third-order valence-electron chi connectivity index (χ3n) is 6.30. The zero-order valence-corrected chi connectivity index (χ0v) is 19.1. The van der Waals surface area contributed by atoms with E-state index in [1.807, 2.05) is 4.90 Å². The Morgan fingerprint density at radius 1 is 0.938 bits per heavy atom. The maximum atomic E-state index is 12.9. The summed E-state index contributed by atoms with van der Waals surface area (Å²) >= 11 is 0. The monoisotopic (exact) mass is 457 g/mol. The molecular formula is C24H31N3O4S. The first-order valence-corrected chi connectivity index (χ1v) is 12.8. The molecule has 0 spiro atoms. The largest absolute Gasteiger partial charge is 0.379 e. The van der Waals surface area contributed by atoms with Crippen molar-refractivity contribution in [2.24, 2.45) is 5.92 Å². The number of morpholine rings is 1. The molecule has 0 unspecified atom stereocenters. The number of piperidine rings is 1. The fourth-order valence-corrected chi connectivity index (χ4v) is 5.37. The molecule has 1 amide bonds. The number of nitrogens with zero attached hydrogens (tertiary/aromatic N) is 2. The second-order valence-corrected chi connectivity index (χ2v) is 10.2. The maximum absolute atomic E-state index is 12.9. The van der Waals surface area contributed by atoms with E-state index in [-0.39, 0.29) is 10.8 Å². The molecule has 2 aromatic rings. The van der Waals surface area contributed by atoms with Gasteiger partial charge in [0.15, 0.2) is 0 Å². The highest BCUT2D eigenvalue weighted by atomic mass is 32.2. The molecule has 2 aromatic carbocycles. The number of sulfonamides is 1. The highest BCUT2D eigenvalue weighted by Crippen LogP contribution is 2.23. The Balaban J connectivity index is 1.27. The SMILES string of the molecule is O=C(c1ccc(NS(=O)(=O)c2ccccc2)cc1)N1CCC(CCN2CCOCC2)CC1. The van der Waals surface area contributed by atoms with Gasteiger partial charge in [-0.15, -0.1) is 0 Å². The molecule has 1 N–H and O–H groups in total. The molecule has 2 fully saturated rings. The molecule has 2 saturated heterocycles. The van der Waals surface area contributed by atoms with Crippen molar-refractivity contribution in [1.29, 1.82) is 0 Å². The topological polar surface area (TPSA) is 79.0 Å². The number of nitrogens with one attached hydrogen (secondary N) is 1. The number of amides is 1. The Morgan fingerprint density at radius 3 is 2.25 bits per heavy atom. The van der Waals surface area contributed by atoms with Gasteiger partial charge in [0.2, 0.25) is 0 Å². The van der Waals surface area contributed by atoms with Gasteiger partial charge in [-0.1, -0.05) is 18.2 Å². The van der Waals surface area contributed by atoms with Crippen molar-refractivity contribution >= 4 is 21.6 Å². The van der Waals surface area contributed by atoms with Crippen LogP contribution in [0, 0.1) is 5.92 Å². The molecular weight excluding hydrogens is 426 g/mol. The van der Waals surface area contributed by atoms with E-state index < -0.39 is 10.0 Å². The van der Waals surface area contributed by atoms with Crippen LogP contribution in [0.3, 0.4) is 0 Å². The zero-order chi connectivity index (χ0) is 22.4. The molecule has 172 valence electrons. The van der Waals surface area contributed by atoms with Gasteiger partial charge in [-0.05, 0) is 68.1 Å². The fraction of sp³-hybridized carbons (Fsp3) is 0.458. The number of anilines is 1. The van der Waals surface area contributed by atoms with Crippen molar-refractivity contribution in [3.05, 3.63) is 60.2 Å². The number of likely N-dealkylation sites (tertiary alicyclic amines) is 1. The molecule has 0 atom stereocenters. The lowest BCUT2D eigenvalue weighted by Gasteiger charge is -2.34. The molecule has 4 rings (SSSR count). The van der Waals surface area contributed by atoms with Crippen LogP contribution < -0.4 is 4.72 Å². The summed E-state index contributed by atoms with van der Waals surface area (Å²) in [4.78, 5) is 17.5. The second-order valence-electron chi connectivity index (χ2n) is 8.47. The van der Waals surface area contributed by atoms with Gasteiger partial charge in [0.05, 0.1) is 18.1 Å². The summed E-state index contributed by atoms with van der Waals surface area (Å²) in [7, 11) is -3.64. The first-order valence-electron chi connectivity index (χ1n) is 11.3. The Kier molecular flexibility index (Phi) is 7.44. The van der Waals surface area contributed by atoms with Gasteiger partial charge in [-0.2, -0.15) is 0 Å². The predicted molar refractivity (Wildman–Crippen MR) is 124 cm³/mol. The highest BCUT2D eigenvalue weighted by molar-refractivity contribution is 7.92. The lowest BCUT2D eigenvalue weighted by atomic mass is 9.93. The summed E-state index contributed by atoms with van der Waals surface area (Å²) in [6, 6.07) is 14.9. The summed E-state index contributed by atoms with van der Waals surface area (Å²) < 4.78 is 32.9. The van der Waals surface area contributed by atoms with E-state index in [1.54, 1.807) is 54.6 Å². The summed E-state index contributed by atoms with van der Waals surface area (Å²) in [5.74, 6) is 0.672. The van der Waals surface area contributed by atoms with E-state index in [4.69, 9.17) is 4.74 Å². The Labute approximate surface area is 190 Å². The van der Waals surface area contributed by atoms with E-state index in [2.05, 4.69) is 9.62 Å². The lowest BCUT2D eigenvalue weighted by Crippen LogP contribution is -2.40. The molecule has 2 aliphatic heterocycles. The molecule has 2 heterocycles. The quantitative estimate of drug-likeness (QED) is 0.691. The standard InChI is InChI=1S/C24H31N3O4S/c28-24(27-14-11-20(12-15-27)10-13-26-16-18-31-19-17-26)21-6-8-22(9-7-21)25-32(29,30)23-4-2-1-3-5-23/h1-9,20,25H,10-19H2. The first kappa shape index (κ1) is 22.8. The molecule has 0 aliphatic carbocycles. The minimum absolute atomic E-state index is 0.00842. The van der Waals surface area contributed by atoms with Crippen molar-refractivity contribution in [1.82, 2.24) is 9.80 Å². The van der Waals surface area contributed by atoms with E-state index in [0.717, 1.165) is 58.8 Å². The van der Waals surface area contributed by atoms with E-state index in [1.165, 1.54) is 6.42 Å². The number of carbonyl (C=O) groups is 1. The number of hydrogen-bond acceptors (Lipinski definition) is 5. The van der Waals surface area contributed by atoms with Crippen LogP contribution in [0.4, 0.5) is 5.69 Å². The van der Waals surface area contributed by atoms with E-state index in [9.17, 15) is 13.2 Å². The van der Waals surface area contributed by atoms with Gasteiger partial charge in [0, 0.05) is 37.4 Å². The smallest absolute Gasteiger partial charge is 0.261 e. The molecule has 0 bridgehead atoms. The predicted octanol–water partition coefficient (Wildman–Crippen LogP) is 3.06. The van der Waals surface area contributed by atoms with Gasteiger partial charge in [0.25, 0.3) is 15.9 Å².